The van der Waals surface area contributed by atoms with Gasteiger partial charge in [-0.2, -0.15) is 0 Å². The van der Waals surface area contributed by atoms with E-state index < -0.39 is 0 Å². The number of anilines is 1. The van der Waals surface area contributed by atoms with Crippen LogP contribution < -0.4 is 4.90 Å². The minimum absolute atomic E-state index is 0.280. The zero-order valence-corrected chi connectivity index (χ0v) is 31.8. The van der Waals surface area contributed by atoms with E-state index in [2.05, 4.69) is 197 Å². The van der Waals surface area contributed by atoms with Crippen molar-refractivity contribution in [2.24, 2.45) is 4.99 Å². The van der Waals surface area contributed by atoms with Gasteiger partial charge in [-0.3, -0.25) is 0 Å². The van der Waals surface area contributed by atoms with Gasteiger partial charge in [0, 0.05) is 62.9 Å². The maximum absolute atomic E-state index is 5.66. The molecule has 0 bridgehead atoms. The highest BCUT2D eigenvalue weighted by Gasteiger charge is 2.31. The molecule has 57 heavy (non-hydrogen) atoms. The largest absolute Gasteiger partial charge is 0.335 e. The summed E-state index contributed by atoms with van der Waals surface area (Å²) in [5, 5.41) is 6.41. The Labute approximate surface area is 331 Å². The molecular weight excluding hydrogens is 693 g/mol. The van der Waals surface area contributed by atoms with Gasteiger partial charge in [-0.25, -0.2) is 4.99 Å². The van der Waals surface area contributed by atoms with E-state index in [9.17, 15) is 0 Å². The van der Waals surface area contributed by atoms with Crippen LogP contribution in [0.1, 0.15) is 46.6 Å². The smallest absolute Gasteiger partial charge is 0.203 e. The topological polar surface area (TPSA) is 25.5 Å². The highest BCUT2D eigenvalue weighted by Crippen LogP contribution is 2.46. The van der Waals surface area contributed by atoms with Crippen LogP contribution in [0.25, 0.3) is 60.3 Å². The molecule has 0 saturated heterocycles. The van der Waals surface area contributed by atoms with Crippen LogP contribution in [0.5, 0.6) is 0 Å². The Balaban J connectivity index is 1.05. The van der Waals surface area contributed by atoms with Crippen LogP contribution in [-0.4, -0.2) is 21.9 Å². The molecule has 3 heterocycles. The highest BCUT2D eigenvalue weighted by atomic mass is 15.4. The fourth-order valence-electron chi connectivity index (χ4n) is 10.1. The second kappa shape index (κ2) is 12.6. The van der Waals surface area contributed by atoms with Crippen LogP contribution in [0.4, 0.5) is 5.69 Å². The summed E-state index contributed by atoms with van der Waals surface area (Å²) in [5.74, 6) is 0.413. The van der Waals surface area contributed by atoms with Crippen LogP contribution in [0.3, 0.4) is 0 Å². The molecular formula is C53H40N4. The minimum atomic E-state index is -0.280. The van der Waals surface area contributed by atoms with E-state index in [-0.39, 0.29) is 6.29 Å². The number of aliphatic imine (C=N–C) groups is 1. The van der Waals surface area contributed by atoms with Gasteiger partial charge in [-0.05, 0) is 83.1 Å². The van der Waals surface area contributed by atoms with Gasteiger partial charge in [0.15, 0.2) is 0 Å². The summed E-state index contributed by atoms with van der Waals surface area (Å²) < 4.78 is 5.01. The van der Waals surface area contributed by atoms with Crippen LogP contribution >= 0.6 is 0 Å². The van der Waals surface area contributed by atoms with E-state index >= 15 is 0 Å². The van der Waals surface area contributed by atoms with Crippen LogP contribution in [0.15, 0.2) is 181 Å². The Kier molecular flexibility index (Phi) is 7.12. The molecule has 2 unspecified atom stereocenters. The number of aryl methyl sites for hydroxylation is 1. The molecule has 3 aliphatic rings. The summed E-state index contributed by atoms with van der Waals surface area (Å²) >= 11 is 0. The van der Waals surface area contributed by atoms with Gasteiger partial charge in [0.1, 0.15) is 0 Å². The molecule has 12 rings (SSSR count). The number of rotatable bonds is 4. The maximum atomic E-state index is 5.66. The number of hydrogen-bond acceptors (Lipinski definition) is 2. The maximum Gasteiger partial charge on any atom is 0.203 e. The third-order valence-corrected chi connectivity index (χ3v) is 12.8. The normalized spacial score (nSPS) is 17.3. The predicted molar refractivity (Wildman–Crippen MR) is 238 cm³/mol. The molecule has 4 nitrogen and oxygen atoms in total. The van der Waals surface area contributed by atoms with E-state index in [4.69, 9.17) is 4.99 Å². The van der Waals surface area contributed by atoms with Crippen molar-refractivity contribution in [2.75, 3.05) is 11.9 Å². The standard InChI is InChI=1S/C53H40N4/c1-55-45-21-11-10-20-43(45)52(38-25-23-35(24-26-38)34-13-3-2-4-14-34)54-53(55)57-46-22-12-9-19-42(46)44-33-39(29-32-47(44)57)56-48-30-27-36-15-5-7-17-40(36)50(48)51-41-18-8-6-16-37(41)28-31-49(51)56/h2-13,15-27,29-30,32-34,53H,14,28,31H2,1H3. The average molecular weight is 733 g/mol. The number of allylic oxidation sites excluding steroid dienone is 4. The van der Waals surface area contributed by atoms with Crippen molar-refractivity contribution in [3.05, 3.63) is 204 Å². The number of hydrogen-bond donors (Lipinski definition) is 0. The first-order chi connectivity index (χ1) is 28.2. The first-order valence-corrected chi connectivity index (χ1v) is 20.2. The lowest BCUT2D eigenvalue weighted by atomic mass is 9.87. The van der Waals surface area contributed by atoms with Gasteiger partial charge < -0.3 is 14.0 Å². The van der Waals surface area contributed by atoms with Crippen molar-refractivity contribution < 1.29 is 0 Å². The second-order valence-corrected chi connectivity index (χ2v) is 15.8. The van der Waals surface area contributed by atoms with Crippen LogP contribution in [0.2, 0.25) is 0 Å². The number of fused-ring (bicyclic) bond motifs is 11. The number of benzene rings is 7. The molecule has 2 atom stereocenters. The highest BCUT2D eigenvalue weighted by molar-refractivity contribution is 6.18. The van der Waals surface area contributed by atoms with Gasteiger partial charge in [-0.15, -0.1) is 0 Å². The molecule has 2 aliphatic carbocycles. The van der Waals surface area contributed by atoms with Crippen molar-refractivity contribution in [3.63, 3.8) is 0 Å². The summed E-state index contributed by atoms with van der Waals surface area (Å²) in [5.41, 5.74) is 16.2. The Morgan fingerprint density at radius 1 is 0.614 bits per heavy atom. The SMILES string of the molecule is CN1c2ccccc2C(c2ccc(C3C=CC=CC3)cc2)=NC1n1c2ccccc2c2cc(-n3c4c(c5c6ccccc6ccc53)-c3ccccc3CC4)ccc21. The lowest BCUT2D eigenvalue weighted by Crippen LogP contribution is -2.33. The van der Waals surface area contributed by atoms with E-state index in [1.165, 1.54) is 82.8 Å². The van der Waals surface area contributed by atoms with Crippen molar-refractivity contribution in [1.82, 2.24) is 9.13 Å². The first kappa shape index (κ1) is 32.3. The molecule has 4 heteroatoms. The second-order valence-electron chi connectivity index (χ2n) is 15.8. The predicted octanol–water partition coefficient (Wildman–Crippen LogP) is 12.7. The van der Waals surface area contributed by atoms with Gasteiger partial charge in [0.05, 0.1) is 22.3 Å². The molecule has 0 N–H and O–H groups in total. The Morgan fingerprint density at radius 3 is 2.25 bits per heavy atom. The van der Waals surface area contributed by atoms with Crippen molar-refractivity contribution >= 4 is 54.9 Å². The zero-order valence-electron chi connectivity index (χ0n) is 31.8. The lowest BCUT2D eigenvalue weighted by molar-refractivity contribution is 0.540. The van der Waals surface area contributed by atoms with Gasteiger partial charge in [0.2, 0.25) is 6.29 Å². The number of para-hydroxylation sites is 2. The molecule has 2 aromatic heterocycles. The third-order valence-electron chi connectivity index (χ3n) is 12.8. The fraction of sp³-hybridized carbons (Fsp3) is 0.113. The minimum Gasteiger partial charge on any atom is -0.335 e. The van der Waals surface area contributed by atoms with Gasteiger partial charge >= 0.3 is 0 Å². The van der Waals surface area contributed by atoms with E-state index in [0.29, 0.717) is 5.92 Å². The monoisotopic (exact) mass is 732 g/mol. The summed E-state index contributed by atoms with van der Waals surface area (Å²) in [7, 11) is 2.19. The molecule has 0 fully saturated rings. The molecule has 0 radical (unpaired) electrons. The average Bonchev–Trinajstić information content (AvgIpc) is 3.80. The van der Waals surface area contributed by atoms with E-state index in [1.54, 1.807) is 0 Å². The third kappa shape index (κ3) is 4.83. The molecule has 272 valence electrons. The Morgan fingerprint density at radius 2 is 1.37 bits per heavy atom. The summed E-state index contributed by atoms with van der Waals surface area (Å²) in [6, 6.07) is 56.3. The molecule has 0 saturated carbocycles. The zero-order chi connectivity index (χ0) is 37.6. The van der Waals surface area contributed by atoms with Crippen molar-refractivity contribution in [3.8, 4) is 16.8 Å². The Bertz CT molecular complexity index is 3190. The van der Waals surface area contributed by atoms with E-state index in [0.717, 1.165) is 36.1 Å². The first-order valence-electron chi connectivity index (χ1n) is 20.2. The van der Waals surface area contributed by atoms with Crippen molar-refractivity contribution in [2.45, 2.75) is 31.5 Å². The summed E-state index contributed by atoms with van der Waals surface area (Å²) in [6.07, 6.45) is 11.6. The lowest BCUT2D eigenvalue weighted by Gasteiger charge is -2.35. The summed E-state index contributed by atoms with van der Waals surface area (Å²) in [4.78, 5) is 7.99. The molecule has 1 aliphatic heterocycles. The quantitative estimate of drug-likeness (QED) is 0.177. The van der Waals surface area contributed by atoms with Gasteiger partial charge in [-0.1, -0.05) is 140 Å². The number of aromatic nitrogens is 2. The Hall–Kier alpha value is -6.91. The van der Waals surface area contributed by atoms with E-state index in [1.807, 2.05) is 0 Å². The number of nitrogens with zero attached hydrogens (tertiary/aromatic N) is 4. The fourth-order valence-corrected chi connectivity index (χ4v) is 10.1. The molecule has 9 aromatic rings. The van der Waals surface area contributed by atoms with Crippen LogP contribution in [0, 0.1) is 0 Å². The summed E-state index contributed by atoms with van der Waals surface area (Å²) in [6.45, 7) is 0. The van der Waals surface area contributed by atoms with Gasteiger partial charge in [0.25, 0.3) is 0 Å². The molecule has 0 spiro atoms. The van der Waals surface area contributed by atoms with Crippen molar-refractivity contribution in [1.29, 1.82) is 0 Å². The van der Waals surface area contributed by atoms with Crippen LogP contribution in [-0.2, 0) is 12.8 Å². The molecule has 7 aromatic carbocycles. The molecule has 0 amide bonds.